The first-order valence-electron chi connectivity index (χ1n) is 12.7. The minimum atomic E-state index is -0.523. The molecule has 194 valence electrons. The summed E-state index contributed by atoms with van der Waals surface area (Å²) in [6, 6.07) is 26.6. The monoisotopic (exact) mass is 500 g/mol. The van der Waals surface area contributed by atoms with Crippen molar-refractivity contribution in [2.24, 2.45) is 11.3 Å². The lowest BCUT2D eigenvalue weighted by atomic mass is 9.68. The number of rotatable bonds is 8. The van der Waals surface area contributed by atoms with Gasteiger partial charge in [-0.25, -0.2) is 4.79 Å². The van der Waals surface area contributed by atoms with Gasteiger partial charge in [0.15, 0.2) is 0 Å². The highest BCUT2D eigenvalue weighted by molar-refractivity contribution is 5.88. The molecular weight excluding hydrogens is 464 g/mol. The molecule has 3 aromatic rings. The van der Waals surface area contributed by atoms with Gasteiger partial charge in [0, 0.05) is 0 Å². The summed E-state index contributed by atoms with van der Waals surface area (Å²) in [5.74, 6) is 0.363. The topological polar surface area (TPSA) is 67.9 Å². The van der Waals surface area contributed by atoms with Crippen molar-refractivity contribution < 1.29 is 19.1 Å². The van der Waals surface area contributed by atoms with Crippen LogP contribution in [0.4, 0.5) is 4.79 Å². The van der Waals surface area contributed by atoms with Crippen LogP contribution in [0.1, 0.15) is 56.5 Å². The molecule has 4 rings (SSSR count). The van der Waals surface area contributed by atoms with E-state index in [1.165, 1.54) is 0 Å². The quantitative estimate of drug-likeness (QED) is 0.369. The molecule has 1 saturated heterocycles. The van der Waals surface area contributed by atoms with Gasteiger partial charge < -0.3 is 19.7 Å². The number of hydrogen-bond donors (Lipinski definition) is 1. The molecule has 0 unspecified atom stereocenters. The second-order valence-corrected chi connectivity index (χ2v) is 10.6. The number of hydrogen-bond acceptors (Lipinski definition) is 4. The maximum absolute atomic E-state index is 13.8. The summed E-state index contributed by atoms with van der Waals surface area (Å²) >= 11 is 0. The van der Waals surface area contributed by atoms with Crippen LogP contribution in [0.25, 0.3) is 0 Å². The number of β-lactam (4-membered cyclic amide) rings is 1. The third-order valence-corrected chi connectivity index (χ3v) is 7.11. The molecule has 6 heteroatoms. The number of carbonyl (C=O) groups excluding carboxylic acids is 2. The summed E-state index contributed by atoms with van der Waals surface area (Å²) in [5, 5.41) is 3.05. The second kappa shape index (κ2) is 11.1. The first-order chi connectivity index (χ1) is 17.7. The standard InChI is InChI=1S/C31H36N2O4/c1-21(23-16-18-25(36-5)19-17-23)33-27(24-14-10-7-11-15-24)26(29(33)34)28(31(2,3)4)32-30(35)37-20-22-12-8-6-9-13-22/h6-19,21,26-28H,20H2,1-5H3,(H,32,35)/t21-,26-,27+,28+/m1/s1. The lowest BCUT2D eigenvalue weighted by molar-refractivity contribution is -0.166. The van der Waals surface area contributed by atoms with Crippen molar-refractivity contribution in [1.29, 1.82) is 0 Å². The zero-order valence-corrected chi connectivity index (χ0v) is 22.2. The summed E-state index contributed by atoms with van der Waals surface area (Å²) in [6.07, 6.45) is -0.523. The Morgan fingerprint density at radius 2 is 1.54 bits per heavy atom. The van der Waals surface area contributed by atoms with Gasteiger partial charge in [-0.05, 0) is 41.2 Å². The van der Waals surface area contributed by atoms with E-state index in [2.05, 4.69) is 5.32 Å². The van der Waals surface area contributed by atoms with E-state index >= 15 is 0 Å². The summed E-state index contributed by atoms with van der Waals surface area (Å²) < 4.78 is 10.8. The van der Waals surface area contributed by atoms with Crippen LogP contribution in [0.2, 0.25) is 0 Å². The largest absolute Gasteiger partial charge is 0.497 e. The Bertz CT molecular complexity index is 1190. The van der Waals surface area contributed by atoms with Crippen LogP contribution in [0.5, 0.6) is 5.75 Å². The van der Waals surface area contributed by atoms with E-state index < -0.39 is 18.1 Å². The van der Waals surface area contributed by atoms with Crippen LogP contribution < -0.4 is 10.1 Å². The van der Waals surface area contributed by atoms with Crippen LogP contribution in [0, 0.1) is 11.3 Å². The number of amides is 2. The number of benzene rings is 3. The van der Waals surface area contributed by atoms with Gasteiger partial charge in [-0.1, -0.05) is 93.6 Å². The number of carbonyl (C=O) groups is 2. The van der Waals surface area contributed by atoms with E-state index in [1.54, 1.807) is 7.11 Å². The van der Waals surface area contributed by atoms with Crippen molar-refractivity contribution in [2.75, 3.05) is 7.11 Å². The van der Waals surface area contributed by atoms with Crippen molar-refractivity contribution in [3.05, 3.63) is 102 Å². The Morgan fingerprint density at radius 3 is 2.11 bits per heavy atom. The summed E-state index contributed by atoms with van der Waals surface area (Å²) in [7, 11) is 1.64. The molecule has 1 aliphatic rings. The third kappa shape index (κ3) is 5.79. The number of methoxy groups -OCH3 is 1. The van der Waals surface area contributed by atoms with Crippen LogP contribution in [0.3, 0.4) is 0 Å². The van der Waals surface area contributed by atoms with Gasteiger partial charge in [-0.15, -0.1) is 0 Å². The maximum Gasteiger partial charge on any atom is 0.407 e. The van der Waals surface area contributed by atoms with Crippen molar-refractivity contribution >= 4 is 12.0 Å². The molecule has 0 saturated carbocycles. The van der Waals surface area contributed by atoms with Crippen LogP contribution in [0.15, 0.2) is 84.9 Å². The van der Waals surface area contributed by atoms with Gasteiger partial charge in [-0.3, -0.25) is 4.79 Å². The van der Waals surface area contributed by atoms with Crippen molar-refractivity contribution in [3.63, 3.8) is 0 Å². The fraction of sp³-hybridized carbons (Fsp3) is 0.355. The Kier molecular flexibility index (Phi) is 7.86. The second-order valence-electron chi connectivity index (χ2n) is 10.6. The fourth-order valence-corrected chi connectivity index (χ4v) is 5.09. The lowest BCUT2D eigenvalue weighted by Gasteiger charge is -2.55. The van der Waals surface area contributed by atoms with Gasteiger partial charge in [0.2, 0.25) is 5.91 Å². The van der Waals surface area contributed by atoms with Gasteiger partial charge in [-0.2, -0.15) is 0 Å². The molecule has 1 fully saturated rings. The average molecular weight is 501 g/mol. The molecule has 0 aliphatic carbocycles. The zero-order chi connectivity index (χ0) is 26.6. The summed E-state index contributed by atoms with van der Waals surface area (Å²) in [5.41, 5.74) is 2.60. The molecule has 37 heavy (non-hydrogen) atoms. The highest BCUT2D eigenvalue weighted by Gasteiger charge is 2.56. The minimum Gasteiger partial charge on any atom is -0.497 e. The molecule has 1 heterocycles. The Hall–Kier alpha value is -3.80. The van der Waals surface area contributed by atoms with Gasteiger partial charge >= 0.3 is 6.09 Å². The predicted molar refractivity (Wildman–Crippen MR) is 144 cm³/mol. The maximum atomic E-state index is 13.8. The first kappa shape index (κ1) is 26.3. The van der Waals surface area contributed by atoms with E-state index in [0.717, 1.165) is 22.4 Å². The van der Waals surface area contributed by atoms with Crippen LogP contribution >= 0.6 is 0 Å². The molecule has 1 N–H and O–H groups in total. The highest BCUT2D eigenvalue weighted by Crippen LogP contribution is 2.49. The molecule has 0 bridgehead atoms. The van der Waals surface area contributed by atoms with E-state index in [4.69, 9.17) is 9.47 Å². The highest BCUT2D eigenvalue weighted by atomic mass is 16.5. The summed E-state index contributed by atoms with van der Waals surface area (Å²) in [4.78, 5) is 28.7. The van der Waals surface area contributed by atoms with Gasteiger partial charge in [0.05, 0.1) is 31.2 Å². The van der Waals surface area contributed by atoms with Crippen molar-refractivity contribution in [1.82, 2.24) is 10.2 Å². The Labute approximate surface area is 219 Å². The number of nitrogens with one attached hydrogen (secondary N) is 1. The number of likely N-dealkylation sites (tertiary alicyclic amines) is 1. The van der Waals surface area contributed by atoms with Crippen molar-refractivity contribution in [2.45, 2.75) is 52.4 Å². The summed E-state index contributed by atoms with van der Waals surface area (Å²) in [6.45, 7) is 8.34. The lowest BCUT2D eigenvalue weighted by Crippen LogP contribution is -2.65. The smallest absolute Gasteiger partial charge is 0.407 e. The number of nitrogens with zero attached hydrogens (tertiary/aromatic N) is 1. The Balaban J connectivity index is 1.59. The third-order valence-electron chi connectivity index (χ3n) is 7.11. The molecule has 6 nitrogen and oxygen atoms in total. The molecular formula is C31H36N2O4. The molecule has 2 amide bonds. The molecule has 3 aromatic carbocycles. The van der Waals surface area contributed by atoms with E-state index in [1.807, 2.05) is 118 Å². The van der Waals surface area contributed by atoms with Gasteiger partial charge in [0.25, 0.3) is 0 Å². The molecule has 4 atom stereocenters. The molecule has 0 radical (unpaired) electrons. The molecule has 0 aromatic heterocycles. The molecule has 0 spiro atoms. The van der Waals surface area contributed by atoms with Crippen LogP contribution in [-0.4, -0.2) is 30.1 Å². The normalized spacial score (nSPS) is 18.9. The van der Waals surface area contributed by atoms with Gasteiger partial charge in [0.1, 0.15) is 12.4 Å². The number of alkyl carbamates (subject to hydrolysis) is 1. The first-order valence-corrected chi connectivity index (χ1v) is 12.7. The van der Waals surface area contributed by atoms with Crippen LogP contribution in [-0.2, 0) is 16.1 Å². The SMILES string of the molecule is COc1ccc([C@@H](C)N2C(=O)[C@@H]([C@H](NC(=O)OCc3ccccc3)C(C)(C)C)[C@@H]2c2ccccc2)cc1. The van der Waals surface area contributed by atoms with E-state index in [9.17, 15) is 9.59 Å². The predicted octanol–water partition coefficient (Wildman–Crippen LogP) is 6.30. The average Bonchev–Trinajstić information content (AvgIpc) is 2.90. The number of ether oxygens (including phenoxy) is 2. The Morgan fingerprint density at radius 1 is 0.946 bits per heavy atom. The minimum absolute atomic E-state index is 0.0143. The van der Waals surface area contributed by atoms with Crippen molar-refractivity contribution in [3.8, 4) is 5.75 Å². The fourth-order valence-electron chi connectivity index (χ4n) is 5.09. The molecule has 1 aliphatic heterocycles. The zero-order valence-electron chi connectivity index (χ0n) is 22.2. The van der Waals surface area contributed by atoms with E-state index in [-0.39, 0.29) is 30.0 Å². The van der Waals surface area contributed by atoms with E-state index in [0.29, 0.717) is 0 Å².